The predicted octanol–water partition coefficient (Wildman–Crippen LogP) is 8.36. The molecule has 0 bridgehead atoms. The molecule has 4 nitrogen and oxygen atoms in total. The van der Waals surface area contributed by atoms with E-state index in [9.17, 15) is 15.3 Å². The molecule has 5 rings (SSSR count). The Morgan fingerprint density at radius 1 is 1.14 bits per heavy atom. The van der Waals surface area contributed by atoms with Crippen molar-refractivity contribution in [2.75, 3.05) is 4.90 Å². The second-order valence-corrected chi connectivity index (χ2v) is 12.0. The Kier molecular flexibility index (Phi) is 6.24. The van der Waals surface area contributed by atoms with E-state index in [1.165, 1.54) is 11.3 Å². The summed E-state index contributed by atoms with van der Waals surface area (Å²) in [5, 5.41) is 23.5. The highest BCUT2D eigenvalue weighted by Gasteiger charge is 2.47. The van der Waals surface area contributed by atoms with E-state index >= 15 is 0 Å². The lowest BCUT2D eigenvalue weighted by Gasteiger charge is -2.45. The molecule has 35 heavy (non-hydrogen) atoms. The Bertz CT molecular complexity index is 1390. The summed E-state index contributed by atoms with van der Waals surface area (Å²) < 4.78 is 0.874. The molecule has 178 valence electrons. The van der Waals surface area contributed by atoms with Crippen LogP contribution in [-0.4, -0.2) is 16.7 Å². The van der Waals surface area contributed by atoms with Gasteiger partial charge in [-0.2, -0.15) is 0 Å². The quantitative estimate of drug-likeness (QED) is 0.313. The molecule has 0 saturated heterocycles. The monoisotopic (exact) mass is 566 g/mol. The Labute approximate surface area is 222 Å². The number of hydrogen-bond donors (Lipinski definition) is 2. The number of rotatable bonds is 3. The van der Waals surface area contributed by atoms with E-state index in [-0.39, 0.29) is 22.8 Å². The molecule has 2 aliphatic rings. The average Bonchev–Trinajstić information content (AvgIpc) is 3.32. The number of amidine groups is 1. The van der Waals surface area contributed by atoms with E-state index in [4.69, 9.17) is 11.6 Å². The molecule has 1 aliphatic heterocycles. The number of nitrogens with one attached hydrogen (secondary N) is 1. The van der Waals surface area contributed by atoms with Crippen LogP contribution in [0.25, 0.3) is 5.76 Å². The van der Waals surface area contributed by atoms with Crippen molar-refractivity contribution >= 4 is 61.9 Å². The Morgan fingerprint density at radius 2 is 1.89 bits per heavy atom. The summed E-state index contributed by atoms with van der Waals surface area (Å²) in [6, 6.07) is 18.5. The minimum Gasteiger partial charge on any atom is -0.507 e. The largest absolute Gasteiger partial charge is 0.507 e. The molecule has 0 radical (unpaired) electrons. The number of aliphatic hydroxyl groups excluding tert-OH is 1. The second kappa shape index (κ2) is 9.08. The predicted molar refractivity (Wildman–Crippen MR) is 147 cm³/mol. The lowest BCUT2D eigenvalue weighted by atomic mass is 9.68. The van der Waals surface area contributed by atoms with Gasteiger partial charge in [0.05, 0.1) is 11.5 Å². The van der Waals surface area contributed by atoms with Crippen molar-refractivity contribution < 1.29 is 9.90 Å². The number of benzene rings is 2. The molecule has 1 aromatic heterocycles. The van der Waals surface area contributed by atoms with Gasteiger partial charge in [0.15, 0.2) is 5.78 Å². The van der Waals surface area contributed by atoms with E-state index in [0.29, 0.717) is 34.6 Å². The van der Waals surface area contributed by atoms with Crippen LogP contribution in [0, 0.1) is 10.8 Å². The first-order valence-corrected chi connectivity index (χ1v) is 13.3. The van der Waals surface area contributed by atoms with E-state index in [1.807, 2.05) is 46.7 Å². The molecule has 0 fully saturated rings. The number of hydrogen-bond acceptors (Lipinski definition) is 4. The van der Waals surface area contributed by atoms with Gasteiger partial charge in [-0.1, -0.05) is 53.5 Å². The minimum atomic E-state index is -0.514. The number of Topliss-reactive ketones (excluding diaryl/α,β-unsaturated/α-hetero) is 1. The van der Waals surface area contributed by atoms with Crippen molar-refractivity contribution in [2.45, 2.75) is 32.6 Å². The van der Waals surface area contributed by atoms with Crippen LogP contribution in [0.3, 0.4) is 0 Å². The van der Waals surface area contributed by atoms with Crippen LogP contribution in [-0.2, 0) is 4.79 Å². The molecule has 2 N–H and O–H groups in total. The maximum Gasteiger partial charge on any atom is 0.162 e. The topological polar surface area (TPSA) is 64.4 Å². The van der Waals surface area contributed by atoms with Crippen LogP contribution < -0.4 is 4.90 Å². The Morgan fingerprint density at radius 3 is 2.54 bits per heavy atom. The fraction of sp³-hybridized carbons (Fsp3) is 0.214. The van der Waals surface area contributed by atoms with Crippen molar-refractivity contribution in [1.82, 2.24) is 0 Å². The third-order valence-electron chi connectivity index (χ3n) is 6.49. The summed E-state index contributed by atoms with van der Waals surface area (Å²) >= 11 is 11.2. The molecule has 0 spiro atoms. The second-order valence-electron chi connectivity index (χ2n) is 9.68. The van der Waals surface area contributed by atoms with Gasteiger partial charge in [-0.05, 0) is 65.7 Å². The first-order valence-electron chi connectivity index (χ1n) is 11.3. The molecule has 7 heteroatoms. The van der Waals surface area contributed by atoms with Gasteiger partial charge in [-0.15, -0.1) is 11.3 Å². The van der Waals surface area contributed by atoms with E-state index in [0.717, 1.165) is 20.7 Å². The number of thiophene rings is 1. The van der Waals surface area contributed by atoms with Crippen LogP contribution in [0.15, 0.2) is 87.4 Å². The summed E-state index contributed by atoms with van der Waals surface area (Å²) in [6.07, 6.45) is 1.07. The summed E-state index contributed by atoms with van der Waals surface area (Å²) in [4.78, 5) is 16.5. The van der Waals surface area contributed by atoms with Gasteiger partial charge in [0.2, 0.25) is 0 Å². The molecule has 0 saturated carbocycles. The van der Waals surface area contributed by atoms with E-state index in [2.05, 4.69) is 29.8 Å². The van der Waals surface area contributed by atoms with Crippen molar-refractivity contribution in [2.24, 2.45) is 5.41 Å². The first kappa shape index (κ1) is 24.0. The van der Waals surface area contributed by atoms with Gasteiger partial charge < -0.3 is 5.11 Å². The Balaban J connectivity index is 1.84. The zero-order valence-electron chi connectivity index (χ0n) is 19.3. The summed E-state index contributed by atoms with van der Waals surface area (Å²) in [5.41, 5.74) is 3.01. The Hall–Kier alpha value is -2.67. The number of nitrogens with zero attached hydrogens (tertiary/aromatic N) is 1. The maximum atomic E-state index is 13.8. The van der Waals surface area contributed by atoms with Crippen molar-refractivity contribution in [3.05, 3.63) is 103 Å². The number of aliphatic hydroxyl groups is 1. The lowest BCUT2D eigenvalue weighted by Crippen LogP contribution is -2.45. The molecular formula is C28H24BrClN2O2S. The van der Waals surface area contributed by atoms with Crippen LogP contribution >= 0.6 is 38.9 Å². The van der Waals surface area contributed by atoms with E-state index in [1.54, 1.807) is 24.3 Å². The number of halogens is 2. The van der Waals surface area contributed by atoms with E-state index < -0.39 is 5.92 Å². The minimum absolute atomic E-state index is 0.0192. The molecule has 0 amide bonds. The number of ketones is 1. The molecular weight excluding hydrogens is 544 g/mol. The standard InChI is InChI=1S/C28H24BrClN2O2S/c1-28(2)14-20-23(21(33)15-28)24(22-7-4-12-35-22)25(26(34)16-8-10-18(30)11-9-16)27(31)32(20)19-6-3-5-17(29)13-19/h3-13,24,31,34H,14-15H2,1-2H3/b26-25+,31-27?. The molecule has 1 atom stereocenters. The smallest absolute Gasteiger partial charge is 0.162 e. The molecule has 2 aromatic carbocycles. The van der Waals surface area contributed by atoms with Gasteiger partial charge >= 0.3 is 0 Å². The molecule has 3 aromatic rings. The SMILES string of the molecule is CC1(C)CC(=O)C2=C(C1)N(c1cccc(Br)c1)C(=N)/C(=C(/O)c1ccc(Cl)cc1)C2c1cccs1. The van der Waals surface area contributed by atoms with Gasteiger partial charge in [-0.3, -0.25) is 15.1 Å². The van der Waals surface area contributed by atoms with Crippen LogP contribution in [0.4, 0.5) is 5.69 Å². The van der Waals surface area contributed by atoms with Crippen LogP contribution in [0.1, 0.15) is 43.0 Å². The summed E-state index contributed by atoms with van der Waals surface area (Å²) in [6.45, 7) is 4.18. The molecule has 2 heterocycles. The molecule has 1 aliphatic carbocycles. The number of anilines is 1. The maximum absolute atomic E-state index is 13.8. The average molecular weight is 568 g/mol. The van der Waals surface area contributed by atoms with Gasteiger partial charge in [0, 0.05) is 43.3 Å². The van der Waals surface area contributed by atoms with Crippen LogP contribution in [0.5, 0.6) is 0 Å². The fourth-order valence-electron chi connectivity index (χ4n) is 5.02. The highest BCUT2D eigenvalue weighted by Crippen LogP contribution is 2.52. The third-order valence-corrected chi connectivity index (χ3v) is 8.17. The molecule has 1 unspecified atom stereocenters. The third kappa shape index (κ3) is 4.39. The van der Waals surface area contributed by atoms with Gasteiger partial charge in [-0.25, -0.2) is 0 Å². The van der Waals surface area contributed by atoms with Gasteiger partial charge in [0.25, 0.3) is 0 Å². The van der Waals surface area contributed by atoms with Crippen LogP contribution in [0.2, 0.25) is 5.02 Å². The fourth-order valence-corrected chi connectivity index (χ4v) is 6.37. The van der Waals surface area contributed by atoms with Crippen molar-refractivity contribution in [3.8, 4) is 0 Å². The number of carbonyl (C=O) groups excluding carboxylic acids is 1. The highest BCUT2D eigenvalue weighted by atomic mass is 79.9. The number of allylic oxidation sites excluding steroid dienone is 2. The number of carbonyl (C=O) groups is 1. The highest BCUT2D eigenvalue weighted by molar-refractivity contribution is 9.10. The zero-order chi connectivity index (χ0) is 24.9. The lowest BCUT2D eigenvalue weighted by molar-refractivity contribution is -0.118. The summed E-state index contributed by atoms with van der Waals surface area (Å²) in [5.74, 6) is -0.309. The van der Waals surface area contributed by atoms with Crippen molar-refractivity contribution in [1.29, 1.82) is 5.41 Å². The zero-order valence-corrected chi connectivity index (χ0v) is 22.5. The van der Waals surface area contributed by atoms with Gasteiger partial charge in [0.1, 0.15) is 11.6 Å². The van der Waals surface area contributed by atoms with Crippen molar-refractivity contribution in [3.63, 3.8) is 0 Å². The first-order chi connectivity index (χ1) is 16.7. The summed E-state index contributed by atoms with van der Waals surface area (Å²) in [7, 11) is 0. The normalized spacial score (nSPS) is 21.3.